The number of allylic oxidation sites excluding steroid dienone is 1. The zero-order valence-corrected chi connectivity index (χ0v) is 14.4. The van der Waals surface area contributed by atoms with Gasteiger partial charge in [0.1, 0.15) is 0 Å². The molecule has 0 radical (unpaired) electrons. The van der Waals surface area contributed by atoms with E-state index >= 15 is 0 Å². The third kappa shape index (κ3) is 4.05. The van der Waals surface area contributed by atoms with Crippen molar-refractivity contribution in [3.8, 4) is 0 Å². The quantitative estimate of drug-likeness (QED) is 0.807. The first-order chi connectivity index (χ1) is 9.90. The van der Waals surface area contributed by atoms with Gasteiger partial charge in [0.2, 0.25) is 0 Å². The number of H-pyrrole nitrogens is 1. The number of aromatic nitrogens is 1. The van der Waals surface area contributed by atoms with Crippen LogP contribution in [0.2, 0.25) is 0 Å². The molecule has 3 nitrogen and oxygen atoms in total. The molecule has 0 saturated carbocycles. The Bertz CT molecular complexity index is 576. The van der Waals surface area contributed by atoms with Crippen molar-refractivity contribution in [3.63, 3.8) is 0 Å². The van der Waals surface area contributed by atoms with Crippen LogP contribution in [0.3, 0.4) is 0 Å². The Morgan fingerprint density at radius 2 is 1.91 bits per heavy atom. The van der Waals surface area contributed by atoms with Crippen LogP contribution < -0.4 is 5.32 Å². The lowest BCUT2D eigenvalue weighted by molar-refractivity contribution is 0.167. The summed E-state index contributed by atoms with van der Waals surface area (Å²) < 4.78 is 0. The van der Waals surface area contributed by atoms with E-state index in [1.807, 2.05) is 6.08 Å². The number of nitrogens with zero attached hydrogens (tertiary/aromatic N) is 1. The molecule has 1 aliphatic rings. The smallest absolute Gasteiger partial charge is 0.0457 e. The molecule has 2 N–H and O–H groups in total. The molecular weight excluding hydrogens is 317 g/mol. The van der Waals surface area contributed by atoms with Crippen molar-refractivity contribution in [3.05, 3.63) is 48.7 Å². The zero-order valence-electron chi connectivity index (χ0n) is 12.8. The van der Waals surface area contributed by atoms with Crippen LogP contribution in [0.15, 0.2) is 43.1 Å². The average molecular weight is 342 g/mol. The molecule has 2 aromatic rings. The molecular formula is C17H25Cl2N3. The maximum absolute atomic E-state index is 3.88. The van der Waals surface area contributed by atoms with E-state index in [-0.39, 0.29) is 24.8 Å². The lowest BCUT2D eigenvalue weighted by atomic mass is 9.99. The number of hydrogen-bond acceptors (Lipinski definition) is 2. The Morgan fingerprint density at radius 3 is 2.64 bits per heavy atom. The van der Waals surface area contributed by atoms with Crippen molar-refractivity contribution in [1.82, 2.24) is 15.2 Å². The minimum absolute atomic E-state index is 0. The second kappa shape index (κ2) is 9.21. The third-order valence-electron chi connectivity index (χ3n) is 4.22. The molecule has 0 amide bonds. The molecule has 3 rings (SSSR count). The topological polar surface area (TPSA) is 31.1 Å². The SMILES string of the molecule is C=CCC[C@H](c1c[nH]c2ccccc12)N1CCNCC1.Cl.Cl. The minimum Gasteiger partial charge on any atom is -0.361 e. The molecule has 122 valence electrons. The molecule has 0 aliphatic carbocycles. The Balaban J connectivity index is 0.00000121. The highest BCUT2D eigenvalue weighted by atomic mass is 35.5. The predicted molar refractivity (Wildman–Crippen MR) is 99.4 cm³/mol. The number of hydrogen-bond donors (Lipinski definition) is 2. The highest BCUT2D eigenvalue weighted by Gasteiger charge is 2.23. The molecule has 2 heterocycles. The zero-order chi connectivity index (χ0) is 13.8. The maximum atomic E-state index is 3.88. The van der Waals surface area contributed by atoms with E-state index < -0.39 is 0 Å². The van der Waals surface area contributed by atoms with Crippen LogP contribution in [0.1, 0.15) is 24.4 Å². The van der Waals surface area contributed by atoms with E-state index in [9.17, 15) is 0 Å². The Hall–Kier alpha value is -1.000. The van der Waals surface area contributed by atoms with Gasteiger partial charge in [-0.25, -0.2) is 0 Å². The summed E-state index contributed by atoms with van der Waals surface area (Å²) in [6, 6.07) is 9.09. The summed E-state index contributed by atoms with van der Waals surface area (Å²) >= 11 is 0. The van der Waals surface area contributed by atoms with Crippen molar-refractivity contribution in [2.45, 2.75) is 18.9 Å². The number of nitrogens with one attached hydrogen (secondary N) is 2. The highest BCUT2D eigenvalue weighted by molar-refractivity contribution is 5.85. The molecule has 1 aromatic heterocycles. The molecule has 1 atom stereocenters. The lowest BCUT2D eigenvalue weighted by Crippen LogP contribution is -2.45. The Morgan fingerprint density at radius 1 is 1.18 bits per heavy atom. The molecule has 0 spiro atoms. The minimum atomic E-state index is 0. The number of fused-ring (bicyclic) bond motifs is 1. The van der Waals surface area contributed by atoms with Gasteiger partial charge < -0.3 is 10.3 Å². The summed E-state index contributed by atoms with van der Waals surface area (Å²) in [5.41, 5.74) is 2.67. The van der Waals surface area contributed by atoms with E-state index in [4.69, 9.17) is 0 Å². The normalized spacial score (nSPS) is 16.5. The largest absolute Gasteiger partial charge is 0.361 e. The van der Waals surface area contributed by atoms with Gasteiger partial charge in [-0.3, -0.25) is 4.90 Å². The molecule has 1 fully saturated rings. The highest BCUT2D eigenvalue weighted by Crippen LogP contribution is 2.31. The van der Waals surface area contributed by atoms with Gasteiger partial charge in [0.25, 0.3) is 0 Å². The molecule has 1 saturated heterocycles. The second-order valence-corrected chi connectivity index (χ2v) is 5.46. The number of rotatable bonds is 5. The van der Waals surface area contributed by atoms with Crippen molar-refractivity contribution in [1.29, 1.82) is 0 Å². The van der Waals surface area contributed by atoms with Crippen LogP contribution in [0.5, 0.6) is 0 Å². The van der Waals surface area contributed by atoms with Crippen molar-refractivity contribution < 1.29 is 0 Å². The van der Waals surface area contributed by atoms with Gasteiger partial charge in [-0.05, 0) is 24.5 Å². The van der Waals surface area contributed by atoms with Crippen LogP contribution in [-0.4, -0.2) is 36.1 Å². The van der Waals surface area contributed by atoms with Crippen LogP contribution in [0.25, 0.3) is 10.9 Å². The van der Waals surface area contributed by atoms with Gasteiger partial charge in [-0.1, -0.05) is 24.3 Å². The van der Waals surface area contributed by atoms with Gasteiger partial charge in [0.15, 0.2) is 0 Å². The van der Waals surface area contributed by atoms with Gasteiger partial charge >= 0.3 is 0 Å². The van der Waals surface area contributed by atoms with Gasteiger partial charge in [0, 0.05) is 49.3 Å². The van der Waals surface area contributed by atoms with Crippen molar-refractivity contribution in [2.75, 3.05) is 26.2 Å². The standard InChI is InChI=1S/C17H23N3.2ClH/c1-2-3-8-17(20-11-9-18-10-12-20)15-13-19-16-7-5-4-6-14(15)16;;/h2,4-7,13,17-19H,1,3,8-12H2;2*1H/t17-;;/m1../s1. The molecule has 1 aromatic carbocycles. The maximum Gasteiger partial charge on any atom is 0.0457 e. The monoisotopic (exact) mass is 341 g/mol. The van der Waals surface area contributed by atoms with Crippen LogP contribution in [0.4, 0.5) is 0 Å². The summed E-state index contributed by atoms with van der Waals surface area (Å²) in [5.74, 6) is 0. The first-order valence-corrected chi connectivity index (χ1v) is 7.52. The number of benzene rings is 1. The van der Waals surface area contributed by atoms with Gasteiger partial charge in [-0.2, -0.15) is 0 Å². The average Bonchev–Trinajstić information content (AvgIpc) is 2.93. The first kappa shape index (κ1) is 19.0. The third-order valence-corrected chi connectivity index (χ3v) is 4.22. The molecule has 0 bridgehead atoms. The summed E-state index contributed by atoms with van der Waals surface area (Å²) in [5, 5.41) is 4.80. The van der Waals surface area contributed by atoms with E-state index in [1.165, 1.54) is 16.5 Å². The number of halogens is 2. The lowest BCUT2D eigenvalue weighted by Gasteiger charge is -2.35. The fourth-order valence-electron chi connectivity index (χ4n) is 3.17. The van der Waals surface area contributed by atoms with Crippen molar-refractivity contribution in [2.24, 2.45) is 0 Å². The summed E-state index contributed by atoms with van der Waals surface area (Å²) in [4.78, 5) is 6.02. The molecule has 5 heteroatoms. The first-order valence-electron chi connectivity index (χ1n) is 7.52. The molecule has 1 aliphatic heterocycles. The van der Waals surface area contributed by atoms with Gasteiger partial charge in [0.05, 0.1) is 0 Å². The van der Waals surface area contributed by atoms with Crippen LogP contribution in [0, 0.1) is 0 Å². The van der Waals surface area contributed by atoms with Crippen LogP contribution >= 0.6 is 24.8 Å². The van der Waals surface area contributed by atoms with E-state index in [0.717, 1.165) is 39.0 Å². The van der Waals surface area contributed by atoms with Crippen LogP contribution in [-0.2, 0) is 0 Å². The molecule has 0 unspecified atom stereocenters. The van der Waals surface area contributed by atoms with Gasteiger partial charge in [-0.15, -0.1) is 31.4 Å². The summed E-state index contributed by atoms with van der Waals surface area (Å²) in [6.07, 6.45) is 6.43. The molecule has 22 heavy (non-hydrogen) atoms. The van der Waals surface area contributed by atoms with E-state index in [0.29, 0.717) is 6.04 Å². The summed E-state index contributed by atoms with van der Waals surface area (Å²) in [7, 11) is 0. The summed E-state index contributed by atoms with van der Waals surface area (Å²) in [6.45, 7) is 8.32. The van der Waals surface area contributed by atoms with E-state index in [1.54, 1.807) is 0 Å². The van der Waals surface area contributed by atoms with Crippen molar-refractivity contribution >= 4 is 35.7 Å². The fraction of sp³-hybridized carbons (Fsp3) is 0.412. The Kier molecular flexibility index (Phi) is 7.97. The number of piperazine rings is 1. The second-order valence-electron chi connectivity index (χ2n) is 5.46. The number of aromatic amines is 1. The number of para-hydroxylation sites is 1. The Labute approximate surface area is 145 Å². The fourth-order valence-corrected chi connectivity index (χ4v) is 3.17. The predicted octanol–water partition coefficient (Wildman–Crippen LogP) is 3.92. The van der Waals surface area contributed by atoms with E-state index in [2.05, 4.69) is 52.2 Å².